The van der Waals surface area contributed by atoms with E-state index in [0.29, 0.717) is 12.2 Å². The zero-order valence-electron chi connectivity index (χ0n) is 32.2. The van der Waals surface area contributed by atoms with Crippen molar-refractivity contribution in [2.75, 3.05) is 21.2 Å². The Hall–Kier alpha value is -1.35. The minimum absolute atomic E-state index is 0.135. The van der Waals surface area contributed by atoms with Crippen LogP contribution in [0.2, 0.25) is 0 Å². The third kappa shape index (κ3) is 7.88. The molecule has 4 heterocycles. The van der Waals surface area contributed by atoms with Gasteiger partial charge in [0.15, 0.2) is 12.6 Å². The topological polar surface area (TPSA) is 146 Å². The number of aliphatic hydroxyl groups excluding tert-OH is 3. The fourth-order valence-corrected chi connectivity index (χ4v) is 8.19. The number of likely N-dealkylation sites (N-methyl/N-ethyl adjacent to an activating group) is 1. The predicted molar refractivity (Wildman–Crippen MR) is 182 cm³/mol. The SMILES string of the molecule is CO[C@]1(C)CC(OC2[C@H](C)C(OC3O[C@H](C)CC(N(C)C)C3O)C3OC(=C(C)C3C)[C@H](C)C(O)C(C)(C)C(C)OC(=O)[C@@H]2C)O[C@@H](C)C1O. The number of carbonyl (C=O) groups excluding carboxylic acids is 1. The summed E-state index contributed by atoms with van der Waals surface area (Å²) in [5.41, 5.74) is -0.774. The number of hydrogen-bond donors (Lipinski definition) is 3. The van der Waals surface area contributed by atoms with E-state index in [4.69, 9.17) is 33.2 Å². The Labute approximate surface area is 293 Å². The molecule has 0 radical (unpaired) electrons. The first-order valence-corrected chi connectivity index (χ1v) is 18.1. The molecule has 0 aromatic heterocycles. The zero-order valence-corrected chi connectivity index (χ0v) is 32.2. The van der Waals surface area contributed by atoms with Gasteiger partial charge in [0.1, 0.15) is 36.3 Å². The monoisotopic (exact) mass is 699 g/mol. The number of rotatable bonds is 6. The first-order chi connectivity index (χ1) is 22.7. The number of nitrogens with zero attached hydrogens (tertiary/aromatic N) is 1. The van der Waals surface area contributed by atoms with E-state index >= 15 is 0 Å². The van der Waals surface area contributed by atoms with Crippen LogP contribution in [0.15, 0.2) is 11.3 Å². The summed E-state index contributed by atoms with van der Waals surface area (Å²) in [5, 5.41) is 34.2. The molecule has 12 nitrogen and oxygen atoms in total. The number of ether oxygens (including phenoxy) is 7. The van der Waals surface area contributed by atoms with Gasteiger partial charge in [-0.3, -0.25) is 4.79 Å². The summed E-state index contributed by atoms with van der Waals surface area (Å²) in [6.45, 7) is 20.9. The second-order valence-electron chi connectivity index (χ2n) is 16.4. The molecule has 0 aromatic rings. The maximum absolute atomic E-state index is 14.0. The second-order valence-corrected chi connectivity index (χ2v) is 16.4. The summed E-state index contributed by atoms with van der Waals surface area (Å²) >= 11 is 0. The lowest BCUT2D eigenvalue weighted by molar-refractivity contribution is -0.311. The molecule has 3 saturated heterocycles. The lowest BCUT2D eigenvalue weighted by Gasteiger charge is -2.47. The fourth-order valence-electron chi connectivity index (χ4n) is 8.19. The molecule has 17 atom stereocenters. The van der Waals surface area contributed by atoms with Gasteiger partial charge in [0, 0.05) is 42.7 Å². The Morgan fingerprint density at radius 3 is 2.06 bits per heavy atom. The van der Waals surface area contributed by atoms with E-state index in [0.717, 1.165) is 5.57 Å². The molecule has 12 heteroatoms. The predicted octanol–water partition coefficient (Wildman–Crippen LogP) is 3.63. The minimum atomic E-state index is -0.984. The summed E-state index contributed by atoms with van der Waals surface area (Å²) in [6, 6.07) is -0.203. The van der Waals surface area contributed by atoms with Gasteiger partial charge in [-0.05, 0) is 67.6 Å². The molecule has 3 N–H and O–H groups in total. The molecule has 0 aliphatic carbocycles. The van der Waals surface area contributed by atoms with Crippen molar-refractivity contribution in [3.05, 3.63) is 11.3 Å². The number of cyclic esters (lactones) is 1. The van der Waals surface area contributed by atoms with Crippen molar-refractivity contribution >= 4 is 5.97 Å². The summed E-state index contributed by atoms with van der Waals surface area (Å²) in [4.78, 5) is 16.0. The Balaban J connectivity index is 1.82. The average molecular weight is 700 g/mol. The van der Waals surface area contributed by atoms with Gasteiger partial charge in [0.2, 0.25) is 0 Å². The molecule has 0 spiro atoms. The number of aliphatic hydroxyl groups is 3. The van der Waals surface area contributed by atoms with Gasteiger partial charge in [0.05, 0.1) is 35.9 Å². The first-order valence-electron chi connectivity index (χ1n) is 18.1. The van der Waals surface area contributed by atoms with E-state index in [2.05, 4.69) is 6.92 Å². The molecule has 4 aliphatic heterocycles. The molecule has 0 saturated carbocycles. The number of esters is 1. The maximum Gasteiger partial charge on any atom is 0.311 e. The largest absolute Gasteiger partial charge is 0.491 e. The van der Waals surface area contributed by atoms with Crippen LogP contribution in [0, 0.1) is 29.1 Å². The van der Waals surface area contributed by atoms with Gasteiger partial charge in [0.25, 0.3) is 0 Å². The van der Waals surface area contributed by atoms with Crippen molar-refractivity contribution in [1.82, 2.24) is 4.90 Å². The van der Waals surface area contributed by atoms with E-state index in [-0.39, 0.29) is 24.5 Å². The van der Waals surface area contributed by atoms with Gasteiger partial charge in [-0.15, -0.1) is 0 Å². The van der Waals surface area contributed by atoms with Crippen LogP contribution >= 0.6 is 0 Å². The Kier molecular flexibility index (Phi) is 12.6. The highest BCUT2D eigenvalue weighted by atomic mass is 16.7. The van der Waals surface area contributed by atoms with Crippen LogP contribution in [0.5, 0.6) is 0 Å². The van der Waals surface area contributed by atoms with Gasteiger partial charge < -0.3 is 53.4 Å². The number of carbonyl (C=O) groups is 1. The fraction of sp³-hybridized carbons (Fsp3) is 0.919. The minimum Gasteiger partial charge on any atom is -0.491 e. The summed E-state index contributed by atoms with van der Waals surface area (Å²) < 4.78 is 44.8. The highest BCUT2D eigenvalue weighted by Gasteiger charge is 2.53. The lowest BCUT2D eigenvalue weighted by atomic mass is 9.74. The molecule has 49 heavy (non-hydrogen) atoms. The average Bonchev–Trinajstić information content (AvgIpc) is 3.33. The Morgan fingerprint density at radius 1 is 0.837 bits per heavy atom. The molecular formula is C37H65NO11. The number of fused-ring (bicyclic) bond motifs is 2. The number of hydrogen-bond acceptors (Lipinski definition) is 12. The van der Waals surface area contributed by atoms with Crippen LogP contribution in [0.4, 0.5) is 0 Å². The van der Waals surface area contributed by atoms with Crippen molar-refractivity contribution in [3.8, 4) is 0 Å². The zero-order chi connectivity index (χ0) is 36.9. The van der Waals surface area contributed by atoms with E-state index < -0.39 is 96.2 Å². The highest BCUT2D eigenvalue weighted by molar-refractivity contribution is 5.73. The van der Waals surface area contributed by atoms with E-state index in [9.17, 15) is 20.1 Å². The molecule has 2 bridgehead atoms. The van der Waals surface area contributed by atoms with Crippen molar-refractivity contribution in [2.45, 2.75) is 168 Å². The van der Waals surface area contributed by atoms with E-state index in [1.807, 2.05) is 67.5 Å². The molecule has 3 fully saturated rings. The van der Waals surface area contributed by atoms with Crippen LogP contribution in [-0.4, -0.2) is 127 Å². The second kappa shape index (κ2) is 15.3. The molecule has 11 unspecified atom stereocenters. The van der Waals surface area contributed by atoms with Gasteiger partial charge in [-0.2, -0.15) is 0 Å². The van der Waals surface area contributed by atoms with Gasteiger partial charge >= 0.3 is 5.97 Å². The molecular weight excluding hydrogens is 634 g/mol. The Bertz CT molecular complexity index is 1180. The summed E-state index contributed by atoms with van der Waals surface area (Å²) in [6.07, 6.45) is -7.26. The molecule has 4 rings (SSSR count). The van der Waals surface area contributed by atoms with Crippen LogP contribution in [0.25, 0.3) is 0 Å². The quantitative estimate of drug-likeness (QED) is 0.348. The van der Waals surface area contributed by atoms with Crippen LogP contribution in [-0.2, 0) is 38.0 Å². The lowest BCUT2D eigenvalue weighted by Crippen LogP contribution is -2.59. The van der Waals surface area contributed by atoms with E-state index in [1.165, 1.54) is 0 Å². The molecule has 4 aliphatic rings. The van der Waals surface area contributed by atoms with Crippen LogP contribution in [0.1, 0.15) is 89.0 Å². The van der Waals surface area contributed by atoms with Crippen molar-refractivity contribution < 1.29 is 53.3 Å². The third-order valence-corrected chi connectivity index (χ3v) is 12.4. The molecule has 0 aromatic carbocycles. The Morgan fingerprint density at radius 2 is 1.47 bits per heavy atom. The highest BCUT2D eigenvalue weighted by Crippen LogP contribution is 2.46. The van der Waals surface area contributed by atoms with E-state index in [1.54, 1.807) is 27.9 Å². The number of methoxy groups -OCH3 is 1. The molecule has 0 amide bonds. The molecule has 284 valence electrons. The standard InChI is InChI=1S/C37H65NO11/c1-17-15-25(38(12)13)27(39)35(44-17)49-31-20(4)29(47-26-16-37(11,43-14)33(41)23(7)45-26)22(6)34(42)46-24(8)36(9,10)32(40)21(5)28-18(2)19(3)30(31)48-28/h17,19-27,29-33,35,39-41H,15-16H2,1-14H3/t17-,19?,20+,21+,22-,23+,24?,25?,26?,27?,29?,30?,31?,32?,33?,35?,37-/m1/s1. The van der Waals surface area contributed by atoms with Crippen molar-refractivity contribution in [2.24, 2.45) is 29.1 Å². The third-order valence-electron chi connectivity index (χ3n) is 12.4. The van der Waals surface area contributed by atoms with Crippen LogP contribution < -0.4 is 0 Å². The van der Waals surface area contributed by atoms with Gasteiger partial charge in [-0.1, -0.05) is 34.6 Å². The van der Waals surface area contributed by atoms with Crippen LogP contribution in [0.3, 0.4) is 0 Å². The van der Waals surface area contributed by atoms with Crippen molar-refractivity contribution in [3.63, 3.8) is 0 Å². The summed E-state index contributed by atoms with van der Waals surface area (Å²) in [5.74, 6) is -1.69. The van der Waals surface area contributed by atoms with Crippen molar-refractivity contribution in [1.29, 1.82) is 0 Å². The maximum atomic E-state index is 14.0. The first kappa shape index (κ1) is 40.4. The van der Waals surface area contributed by atoms with Gasteiger partial charge in [-0.25, -0.2) is 0 Å². The smallest absolute Gasteiger partial charge is 0.311 e. The normalized spacial score (nSPS) is 48.3. The summed E-state index contributed by atoms with van der Waals surface area (Å²) in [7, 11) is 5.40.